The predicted molar refractivity (Wildman–Crippen MR) is 120 cm³/mol. The first-order valence-electron chi connectivity index (χ1n) is 11.0. The van der Waals surface area contributed by atoms with Crippen molar-refractivity contribution in [1.29, 1.82) is 0 Å². The van der Waals surface area contributed by atoms with Crippen molar-refractivity contribution in [1.82, 2.24) is 19.8 Å². The molecule has 2 aromatic heterocycles. The Morgan fingerprint density at radius 2 is 2.00 bits per heavy atom. The molecule has 4 rings (SSSR count). The number of pyridine rings is 2. The zero-order chi connectivity index (χ0) is 22.8. The summed E-state index contributed by atoms with van der Waals surface area (Å²) in [6.07, 6.45) is 7.43. The van der Waals surface area contributed by atoms with Crippen molar-refractivity contribution in [2.45, 2.75) is 38.9 Å². The van der Waals surface area contributed by atoms with E-state index in [9.17, 15) is 19.5 Å². The van der Waals surface area contributed by atoms with Gasteiger partial charge in [-0.05, 0) is 37.6 Å². The van der Waals surface area contributed by atoms with Crippen LogP contribution in [0.1, 0.15) is 47.9 Å². The minimum absolute atomic E-state index is 0.155. The van der Waals surface area contributed by atoms with Crippen LogP contribution < -0.4 is 10.9 Å². The fourth-order valence-corrected chi connectivity index (χ4v) is 5.02. The number of carbonyl (C=O) groups is 2. The summed E-state index contributed by atoms with van der Waals surface area (Å²) in [5.74, 6) is -1.57. The topological polar surface area (TPSA) is 105 Å². The van der Waals surface area contributed by atoms with Crippen LogP contribution in [0.4, 0.5) is 0 Å². The molecule has 0 saturated carbocycles. The van der Waals surface area contributed by atoms with Crippen molar-refractivity contribution in [3.05, 3.63) is 69.9 Å². The van der Waals surface area contributed by atoms with Crippen LogP contribution in [0.3, 0.4) is 0 Å². The lowest BCUT2D eigenvalue weighted by Crippen LogP contribution is -2.49. The molecule has 4 atom stereocenters. The van der Waals surface area contributed by atoms with Crippen LogP contribution in [-0.2, 0) is 11.3 Å². The van der Waals surface area contributed by atoms with Crippen LogP contribution in [-0.4, -0.2) is 50.6 Å². The highest BCUT2D eigenvalue weighted by Crippen LogP contribution is 2.48. The summed E-state index contributed by atoms with van der Waals surface area (Å²) < 4.78 is 1.66. The lowest BCUT2D eigenvalue weighted by Gasteiger charge is -2.38. The van der Waals surface area contributed by atoms with Crippen LogP contribution in [0, 0.1) is 11.8 Å². The van der Waals surface area contributed by atoms with Crippen LogP contribution in [0.15, 0.2) is 47.5 Å². The number of aromatic nitrogens is 2. The zero-order valence-corrected chi connectivity index (χ0v) is 18.3. The van der Waals surface area contributed by atoms with E-state index >= 15 is 0 Å². The van der Waals surface area contributed by atoms with Gasteiger partial charge in [0.05, 0.1) is 18.0 Å². The van der Waals surface area contributed by atoms with Gasteiger partial charge in [0.2, 0.25) is 5.91 Å². The van der Waals surface area contributed by atoms with E-state index in [2.05, 4.69) is 10.3 Å². The average molecular weight is 437 g/mol. The maximum absolute atomic E-state index is 13.6. The van der Waals surface area contributed by atoms with Crippen molar-refractivity contribution in [2.75, 3.05) is 13.2 Å². The Hall–Kier alpha value is -3.26. The largest absolute Gasteiger partial charge is 0.396 e. The third kappa shape index (κ3) is 3.54. The number of hydrogen-bond donors (Lipinski definition) is 2. The molecule has 32 heavy (non-hydrogen) atoms. The highest BCUT2D eigenvalue weighted by atomic mass is 16.3. The molecule has 2 amide bonds. The summed E-state index contributed by atoms with van der Waals surface area (Å²) in [5, 5.41) is 13.2. The quantitative estimate of drug-likeness (QED) is 0.716. The van der Waals surface area contributed by atoms with Crippen molar-refractivity contribution < 1.29 is 14.7 Å². The Balaban J connectivity index is 1.86. The minimum atomic E-state index is -0.650. The maximum atomic E-state index is 13.6. The monoisotopic (exact) mass is 436 g/mol. The summed E-state index contributed by atoms with van der Waals surface area (Å²) in [5.41, 5.74) is 1.48. The second kappa shape index (κ2) is 9.08. The molecule has 1 saturated heterocycles. The van der Waals surface area contributed by atoms with E-state index in [1.807, 2.05) is 19.9 Å². The van der Waals surface area contributed by atoms with Crippen molar-refractivity contribution >= 4 is 17.9 Å². The number of amides is 2. The third-order valence-corrected chi connectivity index (χ3v) is 6.43. The Kier molecular flexibility index (Phi) is 6.23. The molecule has 2 bridgehead atoms. The van der Waals surface area contributed by atoms with Crippen LogP contribution in [0.2, 0.25) is 0 Å². The molecule has 168 valence electrons. The van der Waals surface area contributed by atoms with Gasteiger partial charge in [-0.1, -0.05) is 19.1 Å². The minimum Gasteiger partial charge on any atom is -0.396 e. The third-order valence-electron chi connectivity index (χ3n) is 6.43. The van der Waals surface area contributed by atoms with Gasteiger partial charge in [-0.2, -0.15) is 0 Å². The summed E-state index contributed by atoms with van der Waals surface area (Å²) >= 11 is 0. The second-order valence-corrected chi connectivity index (χ2v) is 8.25. The molecule has 0 spiro atoms. The van der Waals surface area contributed by atoms with Gasteiger partial charge in [-0.25, -0.2) is 0 Å². The first kappa shape index (κ1) is 22.0. The number of aliphatic hydroxyl groups is 1. The number of nitrogens with one attached hydrogen (secondary N) is 1. The van der Waals surface area contributed by atoms with Gasteiger partial charge < -0.3 is 19.9 Å². The molecule has 0 aliphatic carbocycles. The van der Waals surface area contributed by atoms with E-state index in [0.29, 0.717) is 23.4 Å². The molecule has 2 N–H and O–H groups in total. The number of nitrogens with zero attached hydrogens (tertiary/aromatic N) is 3. The fraction of sp³-hybridized carbons (Fsp3) is 0.417. The number of hydrogen-bond acceptors (Lipinski definition) is 5. The molecule has 0 aromatic carbocycles. The van der Waals surface area contributed by atoms with Crippen LogP contribution >= 0.6 is 0 Å². The Bertz CT molecular complexity index is 1090. The van der Waals surface area contributed by atoms with Gasteiger partial charge in [-0.3, -0.25) is 19.4 Å². The van der Waals surface area contributed by atoms with Crippen molar-refractivity contribution in [2.24, 2.45) is 11.8 Å². The van der Waals surface area contributed by atoms with Crippen molar-refractivity contribution in [3.63, 3.8) is 0 Å². The second-order valence-electron chi connectivity index (χ2n) is 8.25. The average Bonchev–Trinajstić information content (AvgIpc) is 3.06. The smallest absolute Gasteiger partial charge is 0.258 e. The number of aliphatic hydroxyl groups excluding tert-OH is 1. The molecule has 1 fully saturated rings. The van der Waals surface area contributed by atoms with Gasteiger partial charge in [0.25, 0.3) is 11.5 Å². The molecular weight excluding hydrogens is 408 g/mol. The molecule has 8 nitrogen and oxygen atoms in total. The van der Waals surface area contributed by atoms with E-state index < -0.39 is 23.9 Å². The lowest BCUT2D eigenvalue weighted by atomic mass is 9.86. The molecule has 0 radical (unpaired) electrons. The highest BCUT2D eigenvalue weighted by Gasteiger charge is 2.57. The predicted octanol–water partition coefficient (Wildman–Crippen LogP) is 1.61. The van der Waals surface area contributed by atoms with Gasteiger partial charge in [0.15, 0.2) is 0 Å². The Labute approximate surface area is 186 Å². The molecule has 8 heteroatoms. The van der Waals surface area contributed by atoms with E-state index in [1.54, 1.807) is 52.2 Å². The molecule has 2 aromatic rings. The number of fused-ring (bicyclic) bond motifs is 4. The number of carbonyl (C=O) groups excluding carboxylic acids is 2. The summed E-state index contributed by atoms with van der Waals surface area (Å²) in [4.78, 5) is 45.6. The molecular formula is C24H28N4O4. The first-order chi connectivity index (χ1) is 15.5. The first-order valence-corrected chi connectivity index (χ1v) is 11.0. The lowest BCUT2D eigenvalue weighted by molar-refractivity contribution is -0.127. The van der Waals surface area contributed by atoms with E-state index in [4.69, 9.17) is 0 Å². The van der Waals surface area contributed by atoms with Crippen molar-refractivity contribution in [3.8, 4) is 0 Å². The summed E-state index contributed by atoms with van der Waals surface area (Å²) in [6.45, 7) is 4.30. The van der Waals surface area contributed by atoms with E-state index in [0.717, 1.165) is 6.42 Å². The van der Waals surface area contributed by atoms with Crippen LogP contribution in [0.25, 0.3) is 6.08 Å². The molecule has 2 aliphatic rings. The normalized spacial score (nSPS) is 23.9. The fourth-order valence-electron chi connectivity index (χ4n) is 5.02. The van der Waals surface area contributed by atoms with Crippen LogP contribution in [0.5, 0.6) is 0 Å². The molecule has 4 heterocycles. The van der Waals surface area contributed by atoms with E-state index in [-0.39, 0.29) is 30.5 Å². The maximum Gasteiger partial charge on any atom is 0.258 e. The Morgan fingerprint density at radius 3 is 2.66 bits per heavy atom. The Morgan fingerprint density at radius 1 is 1.25 bits per heavy atom. The van der Waals surface area contributed by atoms with Gasteiger partial charge >= 0.3 is 0 Å². The summed E-state index contributed by atoms with van der Waals surface area (Å²) in [6, 6.07) is 5.71. The van der Waals surface area contributed by atoms with Gasteiger partial charge in [0, 0.05) is 54.8 Å². The number of allylic oxidation sites excluding steroid dienone is 1. The standard InChI is InChI=1S/C24H28N4O4/c1-3-5-15-6-7-18-21-20(22(30)26-10-4-2)17(14-29)19(13-27(18)23(15)31)28(21)24(32)16-8-11-25-12-9-16/h3,5-9,11-12,17,19-21,29H,4,10,13-14H2,1-2H3,(H,26,30)/b5-3-/t17-,19-,20+,21+/m1/s1. The zero-order valence-electron chi connectivity index (χ0n) is 18.3. The SMILES string of the molecule is C/C=C\c1ccc2n(c1=O)C[C@@H]1[C@@H](CO)[C@H](C(=O)NCCC)[C@H]2N1C(=O)c1ccncc1. The van der Waals surface area contributed by atoms with Gasteiger partial charge in [0.1, 0.15) is 0 Å². The molecule has 0 unspecified atom stereocenters. The summed E-state index contributed by atoms with van der Waals surface area (Å²) in [7, 11) is 0. The highest BCUT2D eigenvalue weighted by molar-refractivity contribution is 5.96. The number of rotatable bonds is 6. The van der Waals surface area contributed by atoms with E-state index in [1.165, 1.54) is 0 Å². The van der Waals surface area contributed by atoms with Gasteiger partial charge in [-0.15, -0.1) is 0 Å². The molecule has 2 aliphatic heterocycles.